The van der Waals surface area contributed by atoms with Crippen LogP contribution < -0.4 is 0 Å². The van der Waals surface area contributed by atoms with Crippen molar-refractivity contribution in [3.63, 3.8) is 0 Å². The third-order valence-electron chi connectivity index (χ3n) is 4.73. The molecule has 1 saturated carbocycles. The summed E-state index contributed by atoms with van der Waals surface area (Å²) in [5.41, 5.74) is 3.21. The molecule has 0 bridgehead atoms. The van der Waals surface area contributed by atoms with Gasteiger partial charge in [0.1, 0.15) is 12.2 Å². The molecule has 4 heteroatoms. The molecule has 2 atom stereocenters. The van der Waals surface area contributed by atoms with Gasteiger partial charge in [-0.25, -0.2) is 9.59 Å². The largest absolute Gasteiger partial charge is 0.455 e. The molecule has 3 rings (SSSR count). The van der Waals surface area contributed by atoms with Gasteiger partial charge in [-0.05, 0) is 63.8 Å². The first-order valence-corrected chi connectivity index (χ1v) is 9.08. The van der Waals surface area contributed by atoms with Crippen molar-refractivity contribution < 1.29 is 19.1 Å². The highest BCUT2D eigenvalue weighted by Crippen LogP contribution is 2.26. The summed E-state index contributed by atoms with van der Waals surface area (Å²) in [5, 5.41) is 0. The number of esters is 2. The molecule has 0 radical (unpaired) electrons. The lowest BCUT2D eigenvalue weighted by atomic mass is 9.94. The highest BCUT2D eigenvalue weighted by Gasteiger charge is 2.32. The third kappa shape index (κ3) is 4.51. The van der Waals surface area contributed by atoms with E-state index in [0.717, 1.165) is 24.0 Å². The summed E-state index contributed by atoms with van der Waals surface area (Å²) in [6.07, 6.45) is 2.56. The smallest absolute Gasteiger partial charge is 0.338 e. The fraction of sp³-hybridized carbons (Fsp3) is 0.364. The van der Waals surface area contributed by atoms with Crippen LogP contribution in [0.4, 0.5) is 0 Å². The Kier molecular flexibility index (Phi) is 5.71. The van der Waals surface area contributed by atoms with E-state index in [2.05, 4.69) is 0 Å². The highest BCUT2D eigenvalue weighted by molar-refractivity contribution is 5.90. The second kappa shape index (κ2) is 8.17. The maximum atomic E-state index is 12.4. The lowest BCUT2D eigenvalue weighted by Gasteiger charge is -2.30. The van der Waals surface area contributed by atoms with Crippen LogP contribution in [-0.4, -0.2) is 24.1 Å². The van der Waals surface area contributed by atoms with Crippen molar-refractivity contribution in [3.8, 4) is 0 Å². The quantitative estimate of drug-likeness (QED) is 0.753. The Morgan fingerprint density at radius 3 is 1.38 bits per heavy atom. The molecule has 136 valence electrons. The number of carbonyl (C=O) groups excluding carboxylic acids is 2. The predicted octanol–water partition coefficient (Wildman–Crippen LogP) is 4.63. The number of rotatable bonds is 4. The van der Waals surface area contributed by atoms with Gasteiger partial charge in [-0.15, -0.1) is 0 Å². The zero-order valence-corrected chi connectivity index (χ0v) is 15.2. The summed E-state index contributed by atoms with van der Waals surface area (Å²) in [6.45, 7) is 3.94. The standard InChI is InChI=1S/C22H24O4/c1-15-7-11-17(12-8-15)21(23)25-19-5-3-4-6-20(19)26-22(24)18-13-9-16(2)10-14-18/h7-14,19-20H,3-6H2,1-2H3. The molecule has 0 amide bonds. The van der Waals surface area contributed by atoms with Crippen molar-refractivity contribution in [2.75, 3.05) is 0 Å². The van der Waals surface area contributed by atoms with Crippen molar-refractivity contribution in [2.24, 2.45) is 0 Å². The summed E-state index contributed by atoms with van der Waals surface area (Å²) < 4.78 is 11.3. The molecule has 1 fully saturated rings. The summed E-state index contributed by atoms with van der Waals surface area (Å²) in [7, 11) is 0. The van der Waals surface area contributed by atoms with Gasteiger partial charge in [0.05, 0.1) is 11.1 Å². The van der Waals surface area contributed by atoms with Gasteiger partial charge in [-0.2, -0.15) is 0 Å². The average Bonchev–Trinajstić information content (AvgIpc) is 2.64. The second-order valence-electron chi connectivity index (χ2n) is 6.90. The molecular weight excluding hydrogens is 328 g/mol. The van der Waals surface area contributed by atoms with Crippen molar-refractivity contribution >= 4 is 11.9 Å². The lowest BCUT2D eigenvalue weighted by Crippen LogP contribution is -2.37. The maximum absolute atomic E-state index is 12.4. The number of hydrogen-bond donors (Lipinski definition) is 0. The predicted molar refractivity (Wildman–Crippen MR) is 99.2 cm³/mol. The topological polar surface area (TPSA) is 52.6 Å². The normalized spacial score (nSPS) is 19.6. The van der Waals surface area contributed by atoms with E-state index in [9.17, 15) is 9.59 Å². The van der Waals surface area contributed by atoms with E-state index >= 15 is 0 Å². The fourth-order valence-electron chi connectivity index (χ4n) is 3.12. The zero-order valence-electron chi connectivity index (χ0n) is 15.2. The molecule has 0 aromatic heterocycles. The van der Waals surface area contributed by atoms with E-state index < -0.39 is 12.2 Å². The molecule has 0 heterocycles. The second-order valence-corrected chi connectivity index (χ2v) is 6.90. The molecular formula is C22H24O4. The first-order chi connectivity index (χ1) is 12.5. The van der Waals surface area contributed by atoms with Gasteiger partial charge >= 0.3 is 11.9 Å². The van der Waals surface area contributed by atoms with E-state index in [1.807, 2.05) is 38.1 Å². The van der Waals surface area contributed by atoms with Crippen LogP contribution in [0.2, 0.25) is 0 Å². The van der Waals surface area contributed by atoms with Crippen molar-refractivity contribution in [3.05, 3.63) is 70.8 Å². The molecule has 0 aliphatic heterocycles. The molecule has 0 N–H and O–H groups in total. The van der Waals surface area contributed by atoms with Crippen LogP contribution in [0.3, 0.4) is 0 Å². The molecule has 1 aliphatic carbocycles. The average molecular weight is 352 g/mol. The minimum absolute atomic E-state index is 0.367. The Hall–Kier alpha value is -2.62. The van der Waals surface area contributed by atoms with Crippen LogP contribution in [0.25, 0.3) is 0 Å². The number of benzene rings is 2. The van der Waals surface area contributed by atoms with E-state index in [4.69, 9.17) is 9.47 Å². The van der Waals surface area contributed by atoms with Gasteiger partial charge in [0, 0.05) is 0 Å². The molecule has 4 nitrogen and oxygen atoms in total. The molecule has 2 aromatic rings. The van der Waals surface area contributed by atoms with Crippen LogP contribution in [0.5, 0.6) is 0 Å². The maximum Gasteiger partial charge on any atom is 0.338 e. The van der Waals surface area contributed by atoms with Crippen molar-refractivity contribution in [1.82, 2.24) is 0 Å². The Morgan fingerprint density at radius 2 is 1.04 bits per heavy atom. The zero-order chi connectivity index (χ0) is 18.5. The van der Waals surface area contributed by atoms with Gasteiger partial charge in [0.25, 0.3) is 0 Å². The van der Waals surface area contributed by atoms with Crippen LogP contribution in [0, 0.1) is 13.8 Å². The van der Waals surface area contributed by atoms with Crippen molar-refractivity contribution in [2.45, 2.75) is 51.7 Å². The van der Waals surface area contributed by atoms with Crippen LogP contribution in [-0.2, 0) is 9.47 Å². The van der Waals surface area contributed by atoms with Gasteiger partial charge in [0.2, 0.25) is 0 Å². The van der Waals surface area contributed by atoms with E-state index in [1.54, 1.807) is 24.3 Å². The Balaban J connectivity index is 1.65. The van der Waals surface area contributed by atoms with E-state index in [1.165, 1.54) is 0 Å². The number of aryl methyl sites for hydroxylation is 2. The molecule has 1 aliphatic rings. The van der Waals surface area contributed by atoms with Crippen LogP contribution in [0.15, 0.2) is 48.5 Å². The van der Waals surface area contributed by atoms with Crippen molar-refractivity contribution in [1.29, 1.82) is 0 Å². The lowest BCUT2D eigenvalue weighted by molar-refractivity contribution is -0.0514. The Labute approximate surface area is 154 Å². The van der Waals surface area contributed by atoms with Gasteiger partial charge in [-0.1, -0.05) is 35.4 Å². The van der Waals surface area contributed by atoms with E-state index in [0.29, 0.717) is 24.0 Å². The molecule has 2 unspecified atom stereocenters. The monoisotopic (exact) mass is 352 g/mol. The Bertz CT molecular complexity index is 694. The Morgan fingerprint density at radius 1 is 0.692 bits per heavy atom. The molecule has 0 saturated heterocycles. The SMILES string of the molecule is Cc1ccc(C(=O)OC2CCCCC2OC(=O)c2ccc(C)cc2)cc1. The highest BCUT2D eigenvalue weighted by atomic mass is 16.6. The van der Waals surface area contributed by atoms with Crippen LogP contribution >= 0.6 is 0 Å². The summed E-state index contributed by atoms with van der Waals surface area (Å²) >= 11 is 0. The van der Waals surface area contributed by atoms with Crippen LogP contribution in [0.1, 0.15) is 57.5 Å². The first-order valence-electron chi connectivity index (χ1n) is 9.08. The molecule has 2 aromatic carbocycles. The third-order valence-corrected chi connectivity index (χ3v) is 4.73. The summed E-state index contributed by atoms with van der Waals surface area (Å²) in [4.78, 5) is 24.8. The summed E-state index contributed by atoms with van der Waals surface area (Å²) in [5.74, 6) is -0.735. The van der Waals surface area contributed by atoms with E-state index in [-0.39, 0.29) is 11.9 Å². The van der Waals surface area contributed by atoms with Gasteiger partial charge in [0.15, 0.2) is 0 Å². The number of ether oxygens (including phenoxy) is 2. The molecule has 0 spiro atoms. The minimum Gasteiger partial charge on any atom is -0.455 e. The minimum atomic E-state index is -0.396. The van der Waals surface area contributed by atoms with Gasteiger partial charge < -0.3 is 9.47 Å². The number of carbonyl (C=O) groups is 2. The number of hydrogen-bond acceptors (Lipinski definition) is 4. The fourth-order valence-corrected chi connectivity index (χ4v) is 3.12. The molecule has 26 heavy (non-hydrogen) atoms. The first kappa shape index (κ1) is 18.2. The van der Waals surface area contributed by atoms with Gasteiger partial charge in [-0.3, -0.25) is 0 Å². The summed E-state index contributed by atoms with van der Waals surface area (Å²) in [6, 6.07) is 14.6.